The number of pyridine rings is 1. The van der Waals surface area contributed by atoms with Gasteiger partial charge in [0.2, 0.25) is 5.88 Å². The molecule has 1 aliphatic carbocycles. The van der Waals surface area contributed by atoms with E-state index in [0.717, 1.165) is 30.4 Å². The molecule has 0 amide bonds. The van der Waals surface area contributed by atoms with E-state index in [1.54, 1.807) is 0 Å². The molecule has 1 aromatic rings. The topological polar surface area (TPSA) is 82.9 Å². The molecule has 0 saturated heterocycles. The molecule has 0 bridgehead atoms. The fourth-order valence-electron chi connectivity index (χ4n) is 1.78. The van der Waals surface area contributed by atoms with Gasteiger partial charge in [0.15, 0.2) is 0 Å². The van der Waals surface area contributed by atoms with E-state index in [9.17, 15) is 5.11 Å². The van der Waals surface area contributed by atoms with Crippen LogP contribution in [0.1, 0.15) is 23.1 Å². The van der Waals surface area contributed by atoms with Gasteiger partial charge in [-0.25, -0.2) is 0 Å². The number of aromatic nitrogens is 1. The summed E-state index contributed by atoms with van der Waals surface area (Å²) < 4.78 is 0. The molecule has 0 atom stereocenters. The van der Waals surface area contributed by atoms with Crippen LogP contribution in [0.5, 0.6) is 5.88 Å². The fourth-order valence-corrected chi connectivity index (χ4v) is 1.78. The van der Waals surface area contributed by atoms with Crippen LogP contribution in [0.15, 0.2) is 0 Å². The number of aromatic hydroxyl groups is 1. The largest absolute Gasteiger partial charge is 0.493 e. The Morgan fingerprint density at radius 1 is 1.38 bits per heavy atom. The molecule has 1 aliphatic rings. The van der Waals surface area contributed by atoms with E-state index in [4.69, 9.17) is 11.0 Å². The van der Waals surface area contributed by atoms with Crippen molar-refractivity contribution < 1.29 is 5.11 Å². The number of hydrogen-bond donors (Lipinski definition) is 2. The molecule has 1 heterocycles. The van der Waals surface area contributed by atoms with Gasteiger partial charge in [0.25, 0.3) is 0 Å². The Labute approximate surface area is 75.6 Å². The van der Waals surface area contributed by atoms with E-state index in [1.165, 1.54) is 0 Å². The fraction of sp³-hybridized carbons (Fsp3) is 0.333. The maximum atomic E-state index is 9.43. The first-order valence-corrected chi connectivity index (χ1v) is 4.14. The number of nitriles is 1. The zero-order chi connectivity index (χ0) is 9.42. The predicted molar refractivity (Wildman–Crippen MR) is 47.1 cm³/mol. The van der Waals surface area contributed by atoms with Gasteiger partial charge in [0.1, 0.15) is 11.9 Å². The van der Waals surface area contributed by atoms with Crippen LogP contribution < -0.4 is 5.73 Å². The van der Waals surface area contributed by atoms with E-state index in [0.29, 0.717) is 5.56 Å². The van der Waals surface area contributed by atoms with Crippen LogP contribution in [0.25, 0.3) is 0 Å². The van der Waals surface area contributed by atoms with Crippen molar-refractivity contribution in [3.05, 3.63) is 16.7 Å². The molecule has 1 aromatic heterocycles. The second-order valence-electron chi connectivity index (χ2n) is 3.12. The summed E-state index contributed by atoms with van der Waals surface area (Å²) in [7, 11) is 0. The quantitative estimate of drug-likeness (QED) is 0.608. The minimum Gasteiger partial charge on any atom is -0.493 e. The minimum atomic E-state index is -0.0102. The molecule has 0 aliphatic heterocycles. The van der Waals surface area contributed by atoms with Crippen LogP contribution in [0, 0.1) is 11.3 Å². The van der Waals surface area contributed by atoms with Crippen LogP contribution in [-0.4, -0.2) is 10.1 Å². The van der Waals surface area contributed by atoms with Gasteiger partial charge in [-0.2, -0.15) is 10.2 Å². The molecule has 13 heavy (non-hydrogen) atoms. The van der Waals surface area contributed by atoms with Gasteiger partial charge >= 0.3 is 0 Å². The van der Waals surface area contributed by atoms with Crippen LogP contribution in [0.3, 0.4) is 0 Å². The first-order valence-electron chi connectivity index (χ1n) is 4.14. The lowest BCUT2D eigenvalue weighted by atomic mass is 10.1. The van der Waals surface area contributed by atoms with Crippen LogP contribution in [0.4, 0.5) is 5.82 Å². The predicted octanol–water partition coefficient (Wildman–Crippen LogP) is 0.730. The summed E-state index contributed by atoms with van der Waals surface area (Å²) in [4.78, 5) is 3.73. The van der Waals surface area contributed by atoms with Gasteiger partial charge in [0, 0.05) is 5.56 Å². The number of anilines is 1. The highest BCUT2D eigenvalue weighted by molar-refractivity contribution is 5.59. The highest BCUT2D eigenvalue weighted by Crippen LogP contribution is 2.32. The third-order valence-corrected chi connectivity index (χ3v) is 2.38. The van der Waals surface area contributed by atoms with Crippen molar-refractivity contribution in [2.24, 2.45) is 0 Å². The number of fused-ring (bicyclic) bond motifs is 1. The van der Waals surface area contributed by atoms with Crippen LogP contribution in [0.2, 0.25) is 0 Å². The van der Waals surface area contributed by atoms with Crippen molar-refractivity contribution in [3.63, 3.8) is 0 Å². The third kappa shape index (κ3) is 1.01. The Morgan fingerprint density at radius 2 is 2.08 bits per heavy atom. The zero-order valence-corrected chi connectivity index (χ0v) is 7.04. The molecule has 0 aromatic carbocycles. The lowest BCUT2D eigenvalue weighted by Crippen LogP contribution is -2.00. The lowest BCUT2D eigenvalue weighted by molar-refractivity contribution is 0.448. The molecular formula is C9H9N3O. The number of nitrogens with two attached hydrogens (primary N) is 1. The molecule has 0 fully saturated rings. The van der Waals surface area contributed by atoms with Gasteiger partial charge in [-0.15, -0.1) is 0 Å². The Kier molecular flexibility index (Phi) is 1.59. The molecule has 3 N–H and O–H groups in total. The molecule has 0 saturated carbocycles. The summed E-state index contributed by atoms with van der Waals surface area (Å²) in [5, 5.41) is 18.3. The Hall–Kier alpha value is -1.76. The molecule has 4 nitrogen and oxygen atoms in total. The van der Waals surface area contributed by atoms with E-state index >= 15 is 0 Å². The molecule has 4 heteroatoms. The summed E-state index contributed by atoms with van der Waals surface area (Å²) >= 11 is 0. The van der Waals surface area contributed by atoms with E-state index < -0.39 is 0 Å². The SMILES string of the molecule is N#Cc1c(N)nc(O)c2c1CCC2. The lowest BCUT2D eigenvalue weighted by Gasteiger charge is -2.05. The Morgan fingerprint density at radius 3 is 2.77 bits per heavy atom. The molecule has 2 rings (SSSR count). The third-order valence-electron chi connectivity index (χ3n) is 2.38. The van der Waals surface area contributed by atoms with Gasteiger partial charge in [-0.3, -0.25) is 0 Å². The number of hydrogen-bond acceptors (Lipinski definition) is 4. The number of rotatable bonds is 0. The van der Waals surface area contributed by atoms with Gasteiger partial charge < -0.3 is 10.8 Å². The second-order valence-corrected chi connectivity index (χ2v) is 3.12. The van der Waals surface area contributed by atoms with E-state index in [-0.39, 0.29) is 11.7 Å². The first-order chi connectivity index (χ1) is 6.24. The average molecular weight is 175 g/mol. The van der Waals surface area contributed by atoms with Crippen LogP contribution >= 0.6 is 0 Å². The normalized spacial score (nSPS) is 13.8. The summed E-state index contributed by atoms with van der Waals surface area (Å²) in [6, 6.07) is 2.02. The van der Waals surface area contributed by atoms with Gasteiger partial charge in [-0.1, -0.05) is 0 Å². The van der Waals surface area contributed by atoms with E-state index in [2.05, 4.69) is 4.98 Å². The number of nitrogen functional groups attached to an aromatic ring is 1. The van der Waals surface area contributed by atoms with Crippen molar-refractivity contribution in [1.29, 1.82) is 5.26 Å². The van der Waals surface area contributed by atoms with Crippen molar-refractivity contribution in [1.82, 2.24) is 4.98 Å². The Bertz CT molecular complexity index is 406. The van der Waals surface area contributed by atoms with Crippen molar-refractivity contribution in [3.8, 4) is 11.9 Å². The Balaban J connectivity index is 2.74. The highest BCUT2D eigenvalue weighted by Gasteiger charge is 2.21. The molecule has 0 unspecified atom stereocenters. The zero-order valence-electron chi connectivity index (χ0n) is 7.04. The van der Waals surface area contributed by atoms with Gasteiger partial charge in [0.05, 0.1) is 5.56 Å². The monoisotopic (exact) mass is 175 g/mol. The van der Waals surface area contributed by atoms with Crippen LogP contribution in [-0.2, 0) is 12.8 Å². The summed E-state index contributed by atoms with van der Waals surface area (Å²) in [5.41, 5.74) is 7.63. The maximum Gasteiger partial charge on any atom is 0.216 e. The van der Waals surface area contributed by atoms with Crippen molar-refractivity contribution in [2.45, 2.75) is 19.3 Å². The average Bonchev–Trinajstić information content (AvgIpc) is 2.53. The second kappa shape index (κ2) is 2.63. The number of nitrogens with zero attached hydrogens (tertiary/aromatic N) is 2. The van der Waals surface area contributed by atoms with E-state index in [1.807, 2.05) is 6.07 Å². The van der Waals surface area contributed by atoms with Crippen molar-refractivity contribution in [2.75, 3.05) is 5.73 Å². The first kappa shape index (κ1) is 7.87. The van der Waals surface area contributed by atoms with Crippen molar-refractivity contribution >= 4 is 5.82 Å². The standard InChI is InChI=1S/C9H9N3O/c10-4-7-5-2-1-3-6(5)9(13)12-8(7)11/h1-3H2,(H3,11,12,13). The van der Waals surface area contributed by atoms with Gasteiger partial charge in [-0.05, 0) is 24.8 Å². The summed E-state index contributed by atoms with van der Waals surface area (Å²) in [5.74, 6) is 0.129. The highest BCUT2D eigenvalue weighted by atomic mass is 16.3. The summed E-state index contributed by atoms with van der Waals surface area (Å²) in [6.45, 7) is 0. The molecule has 0 radical (unpaired) electrons. The molecule has 0 spiro atoms. The summed E-state index contributed by atoms with van der Waals surface area (Å²) in [6.07, 6.45) is 2.57. The minimum absolute atomic E-state index is 0.0102. The molecular weight excluding hydrogens is 166 g/mol. The maximum absolute atomic E-state index is 9.43. The smallest absolute Gasteiger partial charge is 0.216 e. The molecule has 66 valence electrons.